The highest BCUT2D eigenvalue weighted by atomic mass is 16.2. The number of benzene rings is 1. The summed E-state index contributed by atoms with van der Waals surface area (Å²) in [5.74, 6) is -1.07. The first-order chi connectivity index (χ1) is 14.5. The fourth-order valence-corrected chi connectivity index (χ4v) is 4.26. The van der Waals surface area contributed by atoms with Crippen LogP contribution in [0.1, 0.15) is 89.9 Å². The van der Waals surface area contributed by atoms with Crippen molar-refractivity contribution in [1.29, 1.82) is 0 Å². The Kier molecular flexibility index (Phi) is 7.24. The molecule has 1 aromatic rings. The molecule has 0 radical (unpaired) electrons. The van der Waals surface area contributed by atoms with Crippen LogP contribution in [0.3, 0.4) is 0 Å². The number of hydrogen-bond acceptors (Lipinski definition) is 4. The van der Waals surface area contributed by atoms with Gasteiger partial charge < -0.3 is 10.2 Å². The molecule has 1 saturated carbocycles. The van der Waals surface area contributed by atoms with E-state index in [0.717, 1.165) is 38.5 Å². The minimum Gasteiger partial charge on any atom is -0.355 e. The summed E-state index contributed by atoms with van der Waals surface area (Å²) < 4.78 is 0. The summed E-state index contributed by atoms with van der Waals surface area (Å²) >= 11 is 0. The number of hydrogen-bond donors (Lipinski definition) is 1. The molecule has 2 aliphatic rings. The normalized spacial score (nSPS) is 16.5. The van der Waals surface area contributed by atoms with E-state index in [9.17, 15) is 19.2 Å². The van der Waals surface area contributed by atoms with Crippen molar-refractivity contribution in [3.63, 3.8) is 0 Å². The van der Waals surface area contributed by atoms with Crippen LogP contribution in [0.5, 0.6) is 0 Å². The molecule has 1 aliphatic carbocycles. The van der Waals surface area contributed by atoms with Gasteiger partial charge in [-0.25, -0.2) is 0 Å². The molecule has 7 nitrogen and oxygen atoms in total. The molecule has 0 saturated heterocycles. The van der Waals surface area contributed by atoms with Gasteiger partial charge in [-0.3, -0.25) is 24.1 Å². The molecule has 1 aromatic carbocycles. The van der Waals surface area contributed by atoms with Crippen molar-refractivity contribution >= 4 is 23.6 Å². The Hall–Kier alpha value is -2.70. The van der Waals surface area contributed by atoms with Gasteiger partial charge in [-0.2, -0.15) is 0 Å². The Balaban J connectivity index is 1.79. The number of amides is 4. The number of nitrogens with one attached hydrogen (secondary N) is 1. The molecule has 30 heavy (non-hydrogen) atoms. The fourth-order valence-electron chi connectivity index (χ4n) is 4.26. The molecule has 1 heterocycles. The molecule has 162 valence electrons. The average molecular weight is 414 g/mol. The highest BCUT2D eigenvalue weighted by molar-refractivity contribution is 6.22. The average Bonchev–Trinajstić information content (AvgIpc) is 3.01. The fraction of sp³-hybridized carbons (Fsp3) is 0.565. The van der Waals surface area contributed by atoms with E-state index in [2.05, 4.69) is 5.32 Å². The quantitative estimate of drug-likeness (QED) is 0.664. The summed E-state index contributed by atoms with van der Waals surface area (Å²) in [6, 6.07) is 4.63. The smallest absolute Gasteiger partial charge is 0.261 e. The van der Waals surface area contributed by atoms with E-state index in [4.69, 9.17) is 0 Å². The Bertz CT molecular complexity index is 830. The highest BCUT2D eigenvalue weighted by Crippen LogP contribution is 2.31. The third-order valence-electron chi connectivity index (χ3n) is 5.79. The van der Waals surface area contributed by atoms with Gasteiger partial charge in [0.05, 0.1) is 17.7 Å². The Labute approximate surface area is 177 Å². The van der Waals surface area contributed by atoms with Crippen LogP contribution < -0.4 is 5.32 Å². The van der Waals surface area contributed by atoms with Crippen LogP contribution in [-0.4, -0.2) is 59.1 Å². The van der Waals surface area contributed by atoms with Crippen LogP contribution >= 0.6 is 0 Å². The lowest BCUT2D eigenvalue weighted by atomic mass is 9.94. The van der Waals surface area contributed by atoms with Crippen molar-refractivity contribution < 1.29 is 19.2 Å². The van der Waals surface area contributed by atoms with Gasteiger partial charge in [0, 0.05) is 24.7 Å². The van der Waals surface area contributed by atoms with E-state index < -0.39 is 0 Å². The molecule has 0 aromatic heterocycles. The molecule has 3 rings (SSSR count). The van der Waals surface area contributed by atoms with Gasteiger partial charge in [-0.1, -0.05) is 33.1 Å². The molecule has 1 N–H and O–H groups in total. The second-order valence-electron chi connectivity index (χ2n) is 8.11. The molecule has 1 fully saturated rings. The maximum Gasteiger partial charge on any atom is 0.261 e. The van der Waals surface area contributed by atoms with Gasteiger partial charge in [0.1, 0.15) is 0 Å². The predicted molar refractivity (Wildman–Crippen MR) is 113 cm³/mol. The van der Waals surface area contributed by atoms with Crippen LogP contribution in [0.2, 0.25) is 0 Å². The van der Waals surface area contributed by atoms with E-state index in [1.54, 1.807) is 12.1 Å². The molecular weight excluding hydrogens is 382 g/mol. The molecule has 0 spiro atoms. The largest absolute Gasteiger partial charge is 0.355 e. The number of nitrogens with zero attached hydrogens (tertiary/aromatic N) is 2. The van der Waals surface area contributed by atoms with Gasteiger partial charge in [0.15, 0.2) is 0 Å². The summed E-state index contributed by atoms with van der Waals surface area (Å²) in [6.45, 7) is 4.90. The third-order valence-corrected chi connectivity index (χ3v) is 5.79. The van der Waals surface area contributed by atoms with E-state index in [-0.39, 0.29) is 36.2 Å². The first-order valence-corrected chi connectivity index (χ1v) is 11.1. The lowest BCUT2D eigenvalue weighted by Crippen LogP contribution is -2.41. The van der Waals surface area contributed by atoms with Crippen LogP contribution in [0.25, 0.3) is 0 Å². The first-order valence-electron chi connectivity index (χ1n) is 11.1. The summed E-state index contributed by atoms with van der Waals surface area (Å²) in [7, 11) is 0. The molecule has 0 atom stereocenters. The summed E-state index contributed by atoms with van der Waals surface area (Å²) in [4.78, 5) is 53.9. The zero-order chi connectivity index (χ0) is 21.7. The monoisotopic (exact) mass is 413 g/mol. The van der Waals surface area contributed by atoms with Crippen molar-refractivity contribution in [2.45, 2.75) is 64.8 Å². The van der Waals surface area contributed by atoms with E-state index in [1.807, 2.05) is 13.8 Å². The Morgan fingerprint density at radius 2 is 1.73 bits per heavy atom. The van der Waals surface area contributed by atoms with Crippen LogP contribution in [-0.2, 0) is 4.79 Å². The number of carbonyl (C=O) groups is 4. The zero-order valence-corrected chi connectivity index (χ0v) is 17.9. The Morgan fingerprint density at radius 1 is 1.03 bits per heavy atom. The summed E-state index contributed by atoms with van der Waals surface area (Å²) in [5.41, 5.74) is 0.991. The standard InChI is InChI=1S/C23H31N3O4/c1-3-12-24-20(27)15-25(13-4-2)21(28)16-10-11-18-19(14-16)23(30)26(22(18)29)17-8-6-5-7-9-17/h10-11,14,17H,3-9,12-13,15H2,1-2H3,(H,24,27). The second kappa shape index (κ2) is 9.87. The van der Waals surface area contributed by atoms with E-state index in [0.29, 0.717) is 36.2 Å². The third kappa shape index (κ3) is 4.55. The van der Waals surface area contributed by atoms with Crippen molar-refractivity contribution in [3.8, 4) is 0 Å². The number of rotatable bonds is 8. The van der Waals surface area contributed by atoms with Crippen LogP contribution in [0.4, 0.5) is 0 Å². The second-order valence-corrected chi connectivity index (χ2v) is 8.11. The zero-order valence-electron chi connectivity index (χ0n) is 17.9. The van der Waals surface area contributed by atoms with E-state index in [1.165, 1.54) is 15.9 Å². The molecular formula is C23H31N3O4. The summed E-state index contributed by atoms with van der Waals surface area (Å²) in [5, 5.41) is 2.79. The van der Waals surface area contributed by atoms with Crippen LogP contribution in [0, 0.1) is 0 Å². The van der Waals surface area contributed by atoms with Crippen molar-refractivity contribution in [2.24, 2.45) is 0 Å². The predicted octanol–water partition coefficient (Wildman–Crippen LogP) is 2.99. The summed E-state index contributed by atoms with van der Waals surface area (Å²) in [6.07, 6.45) is 6.40. The maximum atomic E-state index is 13.1. The van der Waals surface area contributed by atoms with Gasteiger partial charge in [-0.05, 0) is 43.9 Å². The molecule has 7 heteroatoms. The van der Waals surface area contributed by atoms with Crippen molar-refractivity contribution in [3.05, 3.63) is 34.9 Å². The minimum absolute atomic E-state index is 0.0230. The van der Waals surface area contributed by atoms with Gasteiger partial charge in [-0.15, -0.1) is 0 Å². The first kappa shape index (κ1) is 22.0. The topological polar surface area (TPSA) is 86.8 Å². The number of imide groups is 1. The lowest BCUT2D eigenvalue weighted by molar-refractivity contribution is -0.121. The molecule has 4 amide bonds. The SMILES string of the molecule is CCCNC(=O)CN(CCC)C(=O)c1ccc2c(c1)C(=O)N(C1CCCCC1)C2=O. The van der Waals surface area contributed by atoms with Crippen molar-refractivity contribution in [1.82, 2.24) is 15.1 Å². The Morgan fingerprint density at radius 3 is 2.40 bits per heavy atom. The molecule has 0 unspecified atom stereocenters. The maximum absolute atomic E-state index is 13.1. The van der Waals surface area contributed by atoms with Crippen LogP contribution in [0.15, 0.2) is 18.2 Å². The van der Waals surface area contributed by atoms with Gasteiger partial charge in [0.25, 0.3) is 17.7 Å². The van der Waals surface area contributed by atoms with Gasteiger partial charge in [0.2, 0.25) is 5.91 Å². The highest BCUT2D eigenvalue weighted by Gasteiger charge is 2.40. The van der Waals surface area contributed by atoms with Gasteiger partial charge >= 0.3 is 0 Å². The van der Waals surface area contributed by atoms with E-state index >= 15 is 0 Å². The number of fused-ring (bicyclic) bond motifs is 1. The molecule has 1 aliphatic heterocycles. The van der Waals surface area contributed by atoms with Crippen molar-refractivity contribution in [2.75, 3.05) is 19.6 Å². The lowest BCUT2D eigenvalue weighted by Gasteiger charge is -2.29. The molecule has 0 bridgehead atoms. The minimum atomic E-state index is -0.306. The number of carbonyl (C=O) groups excluding carboxylic acids is 4.